The number of aliphatic hydroxyl groups is 1. The minimum Gasteiger partial charge on any atom is -0.497 e. The Morgan fingerprint density at radius 3 is 2.35 bits per heavy atom. The summed E-state index contributed by atoms with van der Waals surface area (Å²) >= 11 is 0. The van der Waals surface area contributed by atoms with E-state index in [1.807, 2.05) is 12.1 Å². The summed E-state index contributed by atoms with van der Waals surface area (Å²) < 4.78 is 43.5. The molecule has 2 aromatic carbocycles. The smallest absolute Gasteiger partial charge is 0.418 e. The monoisotopic (exact) mass is 325 g/mol. The fourth-order valence-electron chi connectivity index (χ4n) is 2.19. The summed E-state index contributed by atoms with van der Waals surface area (Å²) in [5.41, 5.74) is 1.62. The highest BCUT2D eigenvalue weighted by Gasteiger charge is 2.40. The minimum atomic E-state index is -4.70. The number of rotatable bonds is 5. The molecule has 0 unspecified atom stereocenters. The van der Waals surface area contributed by atoms with E-state index in [1.54, 1.807) is 38.3 Å². The lowest BCUT2D eigenvalue weighted by Gasteiger charge is -2.20. The average molecular weight is 325 g/mol. The quantitative estimate of drug-likeness (QED) is 0.865. The van der Waals surface area contributed by atoms with Crippen molar-refractivity contribution >= 4 is 5.69 Å². The van der Waals surface area contributed by atoms with Gasteiger partial charge in [-0.2, -0.15) is 13.2 Å². The first kappa shape index (κ1) is 17.1. The van der Waals surface area contributed by atoms with E-state index in [0.29, 0.717) is 17.9 Å². The van der Waals surface area contributed by atoms with Crippen LogP contribution in [0, 0.1) is 6.92 Å². The molecular formula is C17H18F3NO2. The highest BCUT2D eigenvalue weighted by molar-refractivity contribution is 5.54. The summed E-state index contributed by atoms with van der Waals surface area (Å²) in [6.45, 7) is 2.02. The summed E-state index contributed by atoms with van der Waals surface area (Å²) in [6.07, 6.45) is -7.22. The Morgan fingerprint density at radius 1 is 1.13 bits per heavy atom. The van der Waals surface area contributed by atoms with E-state index >= 15 is 0 Å². The van der Waals surface area contributed by atoms with E-state index in [-0.39, 0.29) is 11.3 Å². The molecule has 0 fully saturated rings. The highest BCUT2D eigenvalue weighted by atomic mass is 19.4. The molecule has 124 valence electrons. The zero-order chi connectivity index (χ0) is 17.0. The second-order valence-corrected chi connectivity index (χ2v) is 5.24. The number of aliphatic hydroxyl groups excluding tert-OH is 1. The van der Waals surface area contributed by atoms with Gasteiger partial charge in [-0.1, -0.05) is 29.8 Å². The van der Waals surface area contributed by atoms with Crippen molar-refractivity contribution in [3.8, 4) is 5.75 Å². The lowest BCUT2D eigenvalue weighted by molar-refractivity contribution is -0.206. The van der Waals surface area contributed by atoms with Crippen molar-refractivity contribution in [2.45, 2.75) is 25.7 Å². The van der Waals surface area contributed by atoms with Gasteiger partial charge in [0.05, 0.1) is 7.11 Å². The Hall–Kier alpha value is -2.21. The minimum absolute atomic E-state index is 0.175. The number of benzene rings is 2. The van der Waals surface area contributed by atoms with Crippen LogP contribution in [0.5, 0.6) is 5.75 Å². The van der Waals surface area contributed by atoms with Crippen LogP contribution in [-0.4, -0.2) is 18.4 Å². The first-order valence-corrected chi connectivity index (χ1v) is 7.03. The first-order valence-electron chi connectivity index (χ1n) is 7.03. The third-order valence-electron chi connectivity index (χ3n) is 3.45. The van der Waals surface area contributed by atoms with Crippen LogP contribution in [0.3, 0.4) is 0 Å². The van der Waals surface area contributed by atoms with Crippen molar-refractivity contribution in [3.05, 3.63) is 59.2 Å². The van der Waals surface area contributed by atoms with Crippen LogP contribution in [0.2, 0.25) is 0 Å². The van der Waals surface area contributed by atoms with E-state index in [9.17, 15) is 18.3 Å². The lowest BCUT2D eigenvalue weighted by Crippen LogP contribution is -2.21. The third kappa shape index (κ3) is 4.39. The van der Waals surface area contributed by atoms with Gasteiger partial charge >= 0.3 is 6.18 Å². The summed E-state index contributed by atoms with van der Waals surface area (Å²) in [5.74, 6) is 0.706. The third-order valence-corrected chi connectivity index (χ3v) is 3.45. The number of methoxy groups -OCH3 is 1. The molecule has 2 N–H and O–H groups in total. The molecule has 0 aromatic heterocycles. The van der Waals surface area contributed by atoms with Gasteiger partial charge in [-0.25, -0.2) is 0 Å². The topological polar surface area (TPSA) is 41.5 Å². The molecule has 0 heterocycles. The number of alkyl halides is 3. The molecule has 0 bridgehead atoms. The van der Waals surface area contributed by atoms with Crippen molar-refractivity contribution < 1.29 is 23.0 Å². The van der Waals surface area contributed by atoms with Gasteiger partial charge in [-0.05, 0) is 30.7 Å². The van der Waals surface area contributed by atoms with Gasteiger partial charge in [-0.3, -0.25) is 0 Å². The standard InChI is InChI=1S/C17H18F3NO2/c1-11-3-8-15(14(9-11)16(22)17(18,19)20)21-10-12-4-6-13(23-2)7-5-12/h3-9,16,21-22H,10H2,1-2H3/t16-/m0/s1. The predicted molar refractivity (Wildman–Crippen MR) is 82.5 cm³/mol. The Balaban J connectivity index is 2.18. The van der Waals surface area contributed by atoms with Gasteiger partial charge < -0.3 is 15.2 Å². The van der Waals surface area contributed by atoms with Crippen LogP contribution in [0.4, 0.5) is 18.9 Å². The van der Waals surface area contributed by atoms with E-state index in [2.05, 4.69) is 5.32 Å². The van der Waals surface area contributed by atoms with Crippen molar-refractivity contribution in [2.24, 2.45) is 0 Å². The van der Waals surface area contributed by atoms with Crippen molar-refractivity contribution in [1.82, 2.24) is 0 Å². The van der Waals surface area contributed by atoms with Crippen LogP contribution >= 0.6 is 0 Å². The Bertz CT molecular complexity index is 654. The first-order chi connectivity index (χ1) is 10.8. The van der Waals surface area contributed by atoms with Crippen molar-refractivity contribution in [2.75, 3.05) is 12.4 Å². The average Bonchev–Trinajstić information content (AvgIpc) is 2.52. The molecule has 23 heavy (non-hydrogen) atoms. The van der Waals surface area contributed by atoms with Gasteiger partial charge in [-0.15, -0.1) is 0 Å². The molecule has 0 aliphatic rings. The van der Waals surface area contributed by atoms with Crippen LogP contribution in [0.25, 0.3) is 0 Å². The molecule has 2 rings (SSSR count). The number of halogens is 3. The molecule has 0 aliphatic heterocycles. The van der Waals surface area contributed by atoms with Crippen LogP contribution < -0.4 is 10.1 Å². The van der Waals surface area contributed by atoms with Gasteiger partial charge in [0.25, 0.3) is 0 Å². The summed E-state index contributed by atoms with van der Waals surface area (Å²) in [5, 5.41) is 12.5. The van der Waals surface area contributed by atoms with E-state index < -0.39 is 12.3 Å². The zero-order valence-electron chi connectivity index (χ0n) is 12.8. The van der Waals surface area contributed by atoms with Crippen molar-refractivity contribution in [3.63, 3.8) is 0 Å². The predicted octanol–water partition coefficient (Wildman–Crippen LogP) is 4.21. The zero-order valence-corrected chi connectivity index (χ0v) is 12.8. The Morgan fingerprint density at radius 2 is 1.78 bits per heavy atom. The molecule has 2 aromatic rings. The summed E-state index contributed by atoms with van der Waals surface area (Å²) in [4.78, 5) is 0. The molecule has 0 radical (unpaired) electrons. The molecule has 3 nitrogen and oxygen atoms in total. The van der Waals surface area contributed by atoms with Gasteiger partial charge in [0, 0.05) is 17.8 Å². The van der Waals surface area contributed by atoms with E-state index in [4.69, 9.17) is 4.74 Å². The Labute approximate surface area is 132 Å². The van der Waals surface area contributed by atoms with Crippen LogP contribution in [0.15, 0.2) is 42.5 Å². The van der Waals surface area contributed by atoms with Gasteiger partial charge in [0.2, 0.25) is 0 Å². The molecule has 0 amide bonds. The Kier molecular flexibility index (Phi) is 5.15. The van der Waals surface area contributed by atoms with Crippen LogP contribution in [-0.2, 0) is 6.54 Å². The van der Waals surface area contributed by atoms with E-state index in [1.165, 1.54) is 6.07 Å². The number of anilines is 1. The second kappa shape index (κ2) is 6.91. The van der Waals surface area contributed by atoms with Crippen molar-refractivity contribution in [1.29, 1.82) is 0 Å². The number of hydrogen-bond donors (Lipinski definition) is 2. The highest BCUT2D eigenvalue weighted by Crippen LogP contribution is 2.36. The number of aryl methyl sites for hydroxylation is 1. The van der Waals surface area contributed by atoms with Crippen LogP contribution in [0.1, 0.15) is 22.8 Å². The molecule has 1 atom stereocenters. The molecular weight excluding hydrogens is 307 g/mol. The van der Waals surface area contributed by atoms with E-state index in [0.717, 1.165) is 5.56 Å². The maximum absolute atomic E-state index is 12.8. The number of ether oxygens (including phenoxy) is 1. The number of nitrogens with one attached hydrogen (secondary N) is 1. The molecule has 0 aliphatic carbocycles. The summed E-state index contributed by atoms with van der Waals surface area (Å²) in [7, 11) is 1.56. The SMILES string of the molecule is COc1ccc(CNc2ccc(C)cc2[C@H](O)C(F)(F)F)cc1. The maximum atomic E-state index is 12.8. The number of hydrogen-bond acceptors (Lipinski definition) is 3. The molecule has 0 saturated heterocycles. The summed E-state index contributed by atoms with van der Waals surface area (Å²) in [6, 6.07) is 11.8. The normalized spacial score (nSPS) is 12.8. The molecule has 0 saturated carbocycles. The fourth-order valence-corrected chi connectivity index (χ4v) is 2.19. The molecule has 6 heteroatoms. The second-order valence-electron chi connectivity index (χ2n) is 5.24. The maximum Gasteiger partial charge on any atom is 0.418 e. The van der Waals surface area contributed by atoms with Gasteiger partial charge in [0.1, 0.15) is 5.75 Å². The fraction of sp³-hybridized carbons (Fsp3) is 0.294. The lowest BCUT2D eigenvalue weighted by atomic mass is 10.0. The van der Waals surface area contributed by atoms with Gasteiger partial charge in [0.15, 0.2) is 6.10 Å². The molecule has 0 spiro atoms. The largest absolute Gasteiger partial charge is 0.497 e.